The molecule has 0 unspecified atom stereocenters. The number of carbonyl (C=O) groups excluding carboxylic acids is 1. The van der Waals surface area contributed by atoms with E-state index in [1.807, 2.05) is 16.8 Å². The van der Waals surface area contributed by atoms with Gasteiger partial charge >= 0.3 is 0 Å². The summed E-state index contributed by atoms with van der Waals surface area (Å²) in [5.41, 5.74) is 3.54. The van der Waals surface area contributed by atoms with E-state index in [0.717, 1.165) is 37.3 Å². The van der Waals surface area contributed by atoms with Gasteiger partial charge in [0.05, 0.1) is 6.54 Å². The minimum Gasteiger partial charge on any atom is -0.350 e. The van der Waals surface area contributed by atoms with E-state index in [1.165, 1.54) is 6.33 Å². The number of nitrogens with zero attached hydrogens (tertiary/aromatic N) is 4. The summed E-state index contributed by atoms with van der Waals surface area (Å²) in [5, 5.41) is 0. The summed E-state index contributed by atoms with van der Waals surface area (Å²) < 4.78 is 0. The Balaban J connectivity index is 2.18. The van der Waals surface area contributed by atoms with Gasteiger partial charge in [0.2, 0.25) is 5.91 Å². The highest BCUT2D eigenvalue weighted by Gasteiger charge is 2.22. The Morgan fingerprint density at radius 1 is 1.43 bits per heavy atom. The van der Waals surface area contributed by atoms with Crippen molar-refractivity contribution in [1.29, 1.82) is 0 Å². The van der Waals surface area contributed by atoms with Crippen LogP contribution in [0.2, 0.25) is 0 Å². The van der Waals surface area contributed by atoms with Gasteiger partial charge in [0, 0.05) is 25.7 Å². The van der Waals surface area contributed by atoms with Crippen LogP contribution in [0.1, 0.15) is 38.2 Å². The molecule has 1 aromatic rings. The number of anilines is 2. The zero-order valence-electron chi connectivity index (χ0n) is 13.0. The zero-order valence-corrected chi connectivity index (χ0v) is 13.0. The lowest BCUT2D eigenvalue weighted by Crippen LogP contribution is -2.38. The monoisotopic (exact) mass is 292 g/mol. The molecule has 1 aliphatic heterocycles. The summed E-state index contributed by atoms with van der Waals surface area (Å²) >= 11 is 0. The lowest BCUT2D eigenvalue weighted by atomic mass is 10.0. The van der Waals surface area contributed by atoms with Crippen LogP contribution in [0.3, 0.4) is 0 Å². The summed E-state index contributed by atoms with van der Waals surface area (Å²) in [6, 6.07) is 0. The number of carbonyl (C=O) groups is 1. The van der Waals surface area contributed by atoms with Crippen molar-refractivity contribution in [3.63, 3.8) is 0 Å². The van der Waals surface area contributed by atoms with Crippen molar-refractivity contribution in [1.82, 2.24) is 14.9 Å². The first kappa shape index (κ1) is 15.5. The molecule has 1 saturated heterocycles. The highest BCUT2D eigenvalue weighted by molar-refractivity contribution is 5.81. The fraction of sp³-hybridized carbons (Fsp3) is 0.643. The number of hydrogen-bond donors (Lipinski definition) is 2. The van der Waals surface area contributed by atoms with Gasteiger partial charge in [-0.05, 0) is 18.8 Å². The number of hydrazine groups is 1. The van der Waals surface area contributed by atoms with E-state index in [2.05, 4.69) is 29.2 Å². The minimum absolute atomic E-state index is 0.144. The molecule has 2 heterocycles. The molecule has 7 nitrogen and oxygen atoms in total. The predicted octanol–water partition coefficient (Wildman–Crippen LogP) is 0.944. The van der Waals surface area contributed by atoms with Crippen molar-refractivity contribution in [3.8, 4) is 0 Å². The summed E-state index contributed by atoms with van der Waals surface area (Å²) in [6.07, 6.45) is 3.66. The Morgan fingerprint density at radius 2 is 2.10 bits per heavy atom. The Hall–Kier alpha value is -1.89. The minimum atomic E-state index is 0.144. The molecule has 0 spiro atoms. The lowest BCUT2D eigenvalue weighted by Gasteiger charge is -2.25. The van der Waals surface area contributed by atoms with E-state index < -0.39 is 0 Å². The molecule has 0 saturated carbocycles. The number of likely N-dealkylation sites (tertiary alicyclic amines) is 1. The van der Waals surface area contributed by atoms with Crippen LogP contribution in [0.4, 0.5) is 11.6 Å². The molecule has 21 heavy (non-hydrogen) atoms. The van der Waals surface area contributed by atoms with Crippen molar-refractivity contribution in [2.75, 3.05) is 37.0 Å². The van der Waals surface area contributed by atoms with Crippen LogP contribution >= 0.6 is 0 Å². The van der Waals surface area contributed by atoms with E-state index in [-0.39, 0.29) is 11.8 Å². The first-order valence-electron chi connectivity index (χ1n) is 7.35. The normalized spacial score (nSPS) is 14.6. The Kier molecular flexibility index (Phi) is 4.95. The number of likely N-dealkylation sites (N-methyl/N-ethyl adjacent to an activating group) is 1. The first-order chi connectivity index (χ1) is 10.0. The fourth-order valence-electron chi connectivity index (χ4n) is 2.68. The van der Waals surface area contributed by atoms with Gasteiger partial charge in [-0.3, -0.25) is 4.79 Å². The summed E-state index contributed by atoms with van der Waals surface area (Å²) in [7, 11) is 1.88. The second-order valence-electron chi connectivity index (χ2n) is 5.70. The molecular weight excluding hydrogens is 268 g/mol. The largest absolute Gasteiger partial charge is 0.350 e. The molecule has 7 heteroatoms. The van der Waals surface area contributed by atoms with Crippen LogP contribution in [0.5, 0.6) is 0 Å². The van der Waals surface area contributed by atoms with Crippen LogP contribution in [-0.4, -0.2) is 47.5 Å². The molecule has 1 aromatic heterocycles. The van der Waals surface area contributed by atoms with Gasteiger partial charge in [0.25, 0.3) is 0 Å². The number of nitrogens with two attached hydrogens (primary N) is 1. The molecule has 0 aliphatic carbocycles. The highest BCUT2D eigenvalue weighted by atomic mass is 16.2. The van der Waals surface area contributed by atoms with Gasteiger partial charge in [-0.1, -0.05) is 13.8 Å². The standard InChI is InChI=1S/C14H24N6O/c1-10(2)12-13(18-15)16-9-17-14(12)19(3)8-11(21)20-6-4-5-7-20/h9-10H,4-8,15H2,1-3H3,(H,16,17,18). The maximum absolute atomic E-state index is 12.3. The second kappa shape index (κ2) is 6.71. The van der Waals surface area contributed by atoms with Crippen LogP contribution in [0, 0.1) is 0 Å². The first-order valence-corrected chi connectivity index (χ1v) is 7.35. The van der Waals surface area contributed by atoms with Crippen molar-refractivity contribution in [2.45, 2.75) is 32.6 Å². The third kappa shape index (κ3) is 3.41. The number of amides is 1. The zero-order chi connectivity index (χ0) is 15.4. The van der Waals surface area contributed by atoms with E-state index >= 15 is 0 Å². The van der Waals surface area contributed by atoms with Crippen LogP contribution in [0.15, 0.2) is 6.33 Å². The van der Waals surface area contributed by atoms with E-state index in [9.17, 15) is 4.79 Å². The molecule has 1 aliphatic rings. The maximum atomic E-state index is 12.3. The SMILES string of the molecule is CC(C)c1c(NN)ncnc1N(C)CC(=O)N1CCCC1. The van der Waals surface area contributed by atoms with Crippen molar-refractivity contribution in [2.24, 2.45) is 5.84 Å². The number of hydrogen-bond acceptors (Lipinski definition) is 6. The predicted molar refractivity (Wildman–Crippen MR) is 83.0 cm³/mol. The van der Waals surface area contributed by atoms with Gasteiger partial charge in [0.15, 0.2) is 0 Å². The highest BCUT2D eigenvalue weighted by Crippen LogP contribution is 2.29. The number of rotatable bonds is 5. The van der Waals surface area contributed by atoms with Gasteiger partial charge < -0.3 is 15.2 Å². The molecule has 0 bridgehead atoms. The molecule has 0 aromatic carbocycles. The molecule has 3 N–H and O–H groups in total. The van der Waals surface area contributed by atoms with E-state index in [0.29, 0.717) is 12.4 Å². The molecule has 116 valence electrons. The Morgan fingerprint density at radius 3 is 2.67 bits per heavy atom. The molecule has 0 radical (unpaired) electrons. The van der Waals surface area contributed by atoms with Crippen LogP contribution in [-0.2, 0) is 4.79 Å². The third-order valence-corrected chi connectivity index (χ3v) is 3.77. The van der Waals surface area contributed by atoms with Crippen LogP contribution < -0.4 is 16.2 Å². The summed E-state index contributed by atoms with van der Waals surface area (Å²) in [4.78, 5) is 24.5. The summed E-state index contributed by atoms with van der Waals surface area (Å²) in [6.45, 7) is 6.16. The van der Waals surface area contributed by atoms with Gasteiger partial charge in [-0.15, -0.1) is 0 Å². The smallest absolute Gasteiger partial charge is 0.242 e. The average Bonchev–Trinajstić information content (AvgIpc) is 3.00. The molecular formula is C14H24N6O. The number of aromatic nitrogens is 2. The van der Waals surface area contributed by atoms with Crippen LogP contribution in [0.25, 0.3) is 0 Å². The third-order valence-electron chi connectivity index (χ3n) is 3.77. The maximum Gasteiger partial charge on any atom is 0.242 e. The number of nitrogen functional groups attached to an aromatic ring is 1. The summed E-state index contributed by atoms with van der Waals surface area (Å²) in [5.74, 6) is 7.23. The van der Waals surface area contributed by atoms with Gasteiger partial charge in [0.1, 0.15) is 18.0 Å². The quantitative estimate of drug-likeness (QED) is 0.620. The number of nitrogens with one attached hydrogen (secondary N) is 1. The van der Waals surface area contributed by atoms with E-state index in [1.54, 1.807) is 0 Å². The van der Waals surface area contributed by atoms with Gasteiger partial charge in [-0.25, -0.2) is 15.8 Å². The molecule has 2 rings (SSSR count). The second-order valence-corrected chi connectivity index (χ2v) is 5.70. The molecule has 1 amide bonds. The van der Waals surface area contributed by atoms with Crippen molar-refractivity contribution >= 4 is 17.5 Å². The van der Waals surface area contributed by atoms with Crippen molar-refractivity contribution in [3.05, 3.63) is 11.9 Å². The molecule has 0 atom stereocenters. The van der Waals surface area contributed by atoms with Crippen molar-refractivity contribution < 1.29 is 4.79 Å². The topological polar surface area (TPSA) is 87.4 Å². The fourth-order valence-corrected chi connectivity index (χ4v) is 2.68. The Bertz CT molecular complexity index is 498. The lowest BCUT2D eigenvalue weighted by molar-refractivity contribution is -0.128. The molecule has 1 fully saturated rings. The Labute approximate surface area is 125 Å². The van der Waals surface area contributed by atoms with E-state index in [4.69, 9.17) is 5.84 Å². The van der Waals surface area contributed by atoms with Gasteiger partial charge in [-0.2, -0.15) is 0 Å². The average molecular weight is 292 g/mol.